The second kappa shape index (κ2) is 8.69. The van der Waals surface area contributed by atoms with Gasteiger partial charge in [0.05, 0.1) is 17.3 Å². The van der Waals surface area contributed by atoms with E-state index in [2.05, 4.69) is 0 Å². The Balaban J connectivity index is 1.67. The molecule has 1 fully saturated rings. The van der Waals surface area contributed by atoms with E-state index in [0.29, 0.717) is 24.3 Å². The number of amides is 1. The van der Waals surface area contributed by atoms with Crippen LogP contribution in [-0.4, -0.2) is 49.1 Å². The number of hydrogen-bond acceptors (Lipinski definition) is 6. The Kier molecular flexibility index (Phi) is 6.50. The molecule has 1 aliphatic heterocycles. The maximum atomic E-state index is 12.6. The SMILES string of the molecule is CCc1ccc2c(CSCC(=O)N(CC)[C@H]3CCS(=O)(=O)C3)cc(=O)oc2c1. The quantitative estimate of drug-likeness (QED) is 0.637. The molecule has 0 N–H and O–H groups in total. The predicted molar refractivity (Wildman–Crippen MR) is 112 cm³/mol. The van der Waals surface area contributed by atoms with Crippen molar-refractivity contribution in [1.82, 2.24) is 4.90 Å². The number of hydrogen-bond donors (Lipinski definition) is 0. The Morgan fingerprint density at radius 2 is 2.07 bits per heavy atom. The van der Waals surface area contributed by atoms with E-state index in [1.807, 2.05) is 32.0 Å². The lowest BCUT2D eigenvalue weighted by atomic mass is 10.1. The molecule has 3 rings (SSSR count). The van der Waals surface area contributed by atoms with Crippen LogP contribution in [0.4, 0.5) is 0 Å². The van der Waals surface area contributed by atoms with Crippen molar-refractivity contribution in [1.29, 1.82) is 0 Å². The average molecular weight is 424 g/mol. The lowest BCUT2D eigenvalue weighted by molar-refractivity contribution is -0.129. The van der Waals surface area contributed by atoms with E-state index in [1.54, 1.807) is 4.90 Å². The lowest BCUT2D eigenvalue weighted by Crippen LogP contribution is -2.41. The normalized spacial score (nSPS) is 18.4. The molecule has 2 aromatic rings. The summed E-state index contributed by atoms with van der Waals surface area (Å²) >= 11 is 1.43. The van der Waals surface area contributed by atoms with E-state index in [-0.39, 0.29) is 29.2 Å². The van der Waals surface area contributed by atoms with Crippen molar-refractivity contribution >= 4 is 38.5 Å². The number of rotatable bonds is 7. The molecule has 1 aromatic carbocycles. The Morgan fingerprint density at radius 3 is 2.71 bits per heavy atom. The Morgan fingerprint density at radius 1 is 1.29 bits per heavy atom. The maximum Gasteiger partial charge on any atom is 0.336 e. The number of thioether (sulfide) groups is 1. The fraction of sp³-hybridized carbons (Fsp3) is 0.500. The molecule has 1 aromatic heterocycles. The van der Waals surface area contributed by atoms with Crippen LogP contribution in [-0.2, 0) is 26.8 Å². The minimum atomic E-state index is -3.03. The molecule has 2 heterocycles. The first-order valence-corrected chi connectivity index (χ1v) is 12.4. The van der Waals surface area contributed by atoms with Gasteiger partial charge in [0.1, 0.15) is 5.58 Å². The smallest absolute Gasteiger partial charge is 0.336 e. The van der Waals surface area contributed by atoms with Crippen LogP contribution >= 0.6 is 11.8 Å². The van der Waals surface area contributed by atoms with Gasteiger partial charge in [-0.3, -0.25) is 4.79 Å². The first kappa shape index (κ1) is 20.9. The molecule has 0 unspecified atom stereocenters. The molecule has 1 atom stereocenters. The summed E-state index contributed by atoms with van der Waals surface area (Å²) in [6, 6.07) is 7.11. The highest BCUT2D eigenvalue weighted by molar-refractivity contribution is 7.99. The number of sulfone groups is 1. The molecular formula is C20H25NO5S2. The van der Waals surface area contributed by atoms with Gasteiger partial charge in [-0.1, -0.05) is 19.1 Å². The highest BCUT2D eigenvalue weighted by Gasteiger charge is 2.33. The fourth-order valence-electron chi connectivity index (χ4n) is 3.60. The number of aryl methyl sites for hydroxylation is 1. The summed E-state index contributed by atoms with van der Waals surface area (Å²) in [5, 5.41) is 0.881. The zero-order valence-electron chi connectivity index (χ0n) is 16.1. The third-order valence-corrected chi connectivity index (χ3v) is 7.81. The molecule has 152 valence electrons. The van der Waals surface area contributed by atoms with Gasteiger partial charge in [0, 0.05) is 29.8 Å². The molecule has 1 aliphatic rings. The van der Waals surface area contributed by atoms with E-state index in [0.717, 1.165) is 22.9 Å². The number of nitrogens with zero attached hydrogens (tertiary/aromatic N) is 1. The second-order valence-corrected chi connectivity index (χ2v) is 10.2. The molecule has 6 nitrogen and oxygen atoms in total. The van der Waals surface area contributed by atoms with Gasteiger partial charge in [0.2, 0.25) is 5.91 Å². The molecule has 8 heteroatoms. The molecule has 0 radical (unpaired) electrons. The lowest BCUT2D eigenvalue weighted by Gasteiger charge is -2.26. The summed E-state index contributed by atoms with van der Waals surface area (Å²) in [7, 11) is -3.03. The van der Waals surface area contributed by atoms with Gasteiger partial charge in [0.25, 0.3) is 0 Å². The molecular weight excluding hydrogens is 398 g/mol. The summed E-state index contributed by atoms with van der Waals surface area (Å²) in [6.45, 7) is 4.41. The largest absolute Gasteiger partial charge is 0.423 e. The second-order valence-electron chi connectivity index (χ2n) is 7.00. The van der Waals surface area contributed by atoms with E-state index >= 15 is 0 Å². The number of benzene rings is 1. The van der Waals surface area contributed by atoms with E-state index in [9.17, 15) is 18.0 Å². The monoisotopic (exact) mass is 423 g/mol. The molecule has 0 saturated carbocycles. The van der Waals surface area contributed by atoms with E-state index in [4.69, 9.17) is 4.42 Å². The summed E-state index contributed by atoms with van der Waals surface area (Å²) in [5.74, 6) is 0.913. The van der Waals surface area contributed by atoms with Crippen molar-refractivity contribution in [3.8, 4) is 0 Å². The third-order valence-electron chi connectivity index (χ3n) is 5.10. The average Bonchev–Trinajstić information content (AvgIpc) is 3.01. The van der Waals surface area contributed by atoms with Crippen LogP contribution in [0.15, 0.2) is 33.5 Å². The van der Waals surface area contributed by atoms with Gasteiger partial charge in [0.15, 0.2) is 9.84 Å². The predicted octanol–water partition coefficient (Wildman–Crippen LogP) is 2.62. The van der Waals surface area contributed by atoms with Crippen molar-refractivity contribution in [3.05, 3.63) is 45.8 Å². The number of carbonyl (C=O) groups excluding carboxylic acids is 1. The van der Waals surface area contributed by atoms with Crippen molar-refractivity contribution < 1.29 is 17.6 Å². The Bertz CT molecular complexity index is 1030. The molecule has 0 aliphatic carbocycles. The van der Waals surface area contributed by atoms with E-state index in [1.165, 1.54) is 17.8 Å². The first-order chi connectivity index (χ1) is 13.3. The Hall–Kier alpha value is -1.80. The molecule has 1 saturated heterocycles. The zero-order chi connectivity index (χ0) is 20.3. The summed E-state index contributed by atoms with van der Waals surface area (Å²) in [6.07, 6.45) is 1.37. The van der Waals surface area contributed by atoms with Crippen molar-refractivity contribution in [2.75, 3.05) is 23.8 Å². The van der Waals surface area contributed by atoms with Crippen LogP contribution in [0, 0.1) is 0 Å². The van der Waals surface area contributed by atoms with Crippen LogP contribution in [0.3, 0.4) is 0 Å². The minimum Gasteiger partial charge on any atom is -0.423 e. The van der Waals surface area contributed by atoms with Crippen LogP contribution in [0.2, 0.25) is 0 Å². The highest BCUT2D eigenvalue weighted by Crippen LogP contribution is 2.24. The van der Waals surface area contributed by atoms with Gasteiger partial charge in [-0.2, -0.15) is 0 Å². The zero-order valence-corrected chi connectivity index (χ0v) is 17.8. The summed E-state index contributed by atoms with van der Waals surface area (Å²) in [4.78, 5) is 26.2. The molecule has 0 bridgehead atoms. The number of carbonyl (C=O) groups is 1. The van der Waals surface area contributed by atoms with Gasteiger partial charge in [-0.15, -0.1) is 11.8 Å². The fourth-order valence-corrected chi connectivity index (χ4v) is 6.24. The van der Waals surface area contributed by atoms with Gasteiger partial charge in [-0.25, -0.2) is 13.2 Å². The highest BCUT2D eigenvalue weighted by atomic mass is 32.2. The van der Waals surface area contributed by atoms with Crippen molar-refractivity contribution in [2.45, 2.75) is 38.5 Å². The van der Waals surface area contributed by atoms with Crippen LogP contribution in [0.1, 0.15) is 31.4 Å². The van der Waals surface area contributed by atoms with Crippen molar-refractivity contribution in [2.24, 2.45) is 0 Å². The van der Waals surface area contributed by atoms with E-state index < -0.39 is 15.5 Å². The standard InChI is InChI=1S/C20H25NO5S2/c1-3-14-5-6-17-15(10-20(23)26-18(17)9-14)11-27-12-19(22)21(4-2)16-7-8-28(24,25)13-16/h5-6,9-10,16H,3-4,7-8,11-13H2,1-2H3/t16-/m0/s1. The van der Waals surface area contributed by atoms with Gasteiger partial charge >= 0.3 is 5.63 Å². The maximum absolute atomic E-state index is 12.6. The third kappa shape index (κ3) is 4.78. The van der Waals surface area contributed by atoms with Crippen LogP contribution < -0.4 is 5.63 Å². The first-order valence-electron chi connectivity index (χ1n) is 9.46. The van der Waals surface area contributed by atoms with Crippen molar-refractivity contribution in [3.63, 3.8) is 0 Å². The van der Waals surface area contributed by atoms with Gasteiger partial charge in [-0.05, 0) is 37.0 Å². The Labute approximate surface area is 169 Å². The molecule has 28 heavy (non-hydrogen) atoms. The summed E-state index contributed by atoms with van der Waals surface area (Å²) in [5.41, 5.74) is 2.12. The molecule has 0 spiro atoms. The number of fused-ring (bicyclic) bond motifs is 1. The summed E-state index contributed by atoms with van der Waals surface area (Å²) < 4.78 is 28.7. The van der Waals surface area contributed by atoms with Crippen LogP contribution in [0.25, 0.3) is 11.0 Å². The minimum absolute atomic E-state index is 0.0569. The molecule has 1 amide bonds. The topological polar surface area (TPSA) is 84.7 Å². The van der Waals surface area contributed by atoms with Gasteiger partial charge < -0.3 is 9.32 Å². The van der Waals surface area contributed by atoms with Crippen LogP contribution in [0.5, 0.6) is 0 Å².